The highest BCUT2D eigenvalue weighted by Gasteiger charge is 2.35. The summed E-state index contributed by atoms with van der Waals surface area (Å²) in [6.07, 6.45) is 3.81. The molecule has 0 bridgehead atoms. The summed E-state index contributed by atoms with van der Waals surface area (Å²) in [7, 11) is 0. The van der Waals surface area contributed by atoms with Crippen LogP contribution in [0.2, 0.25) is 0 Å². The van der Waals surface area contributed by atoms with Crippen molar-refractivity contribution in [3.63, 3.8) is 0 Å². The summed E-state index contributed by atoms with van der Waals surface area (Å²) < 4.78 is 4.93. The number of nitrogens with zero attached hydrogens (tertiary/aromatic N) is 2. The van der Waals surface area contributed by atoms with E-state index in [4.69, 9.17) is 9.57 Å². The van der Waals surface area contributed by atoms with Gasteiger partial charge in [-0.1, -0.05) is 24.3 Å². The fourth-order valence-electron chi connectivity index (χ4n) is 3.63. The molecule has 0 spiro atoms. The van der Waals surface area contributed by atoms with Crippen LogP contribution < -0.4 is 5.32 Å². The standard InChI is InChI=1S/C23H27N3O7/c1-3-33-26(18-12-21(29)32-14-18)20(28)13-25-10-5-4-9-19(23(25)31)24-22(30)17-8-6-7-16(11-17)15(2)27/h4-8,11,18-19H,3,9-10,12-14H2,1-2H3,(H,24,30). The van der Waals surface area contributed by atoms with E-state index in [1.807, 2.05) is 0 Å². The van der Waals surface area contributed by atoms with Gasteiger partial charge in [-0.25, -0.2) is 5.06 Å². The average Bonchev–Trinajstić information content (AvgIpc) is 3.15. The van der Waals surface area contributed by atoms with Crippen molar-refractivity contribution < 1.29 is 33.5 Å². The van der Waals surface area contributed by atoms with Crippen molar-refractivity contribution >= 4 is 29.5 Å². The van der Waals surface area contributed by atoms with E-state index in [9.17, 15) is 24.0 Å². The molecule has 0 saturated carbocycles. The number of hydrogen-bond donors (Lipinski definition) is 1. The third-order valence-corrected chi connectivity index (χ3v) is 5.32. The van der Waals surface area contributed by atoms with Gasteiger partial charge in [-0.3, -0.25) is 28.8 Å². The van der Waals surface area contributed by atoms with Gasteiger partial charge in [0.2, 0.25) is 5.91 Å². The number of ether oxygens (including phenoxy) is 1. The number of rotatable bonds is 8. The minimum atomic E-state index is -0.873. The van der Waals surface area contributed by atoms with Crippen LogP contribution in [0.4, 0.5) is 0 Å². The lowest BCUT2D eigenvalue weighted by Crippen LogP contribution is -2.52. The van der Waals surface area contributed by atoms with Crippen LogP contribution in [0.5, 0.6) is 0 Å². The molecule has 2 unspecified atom stereocenters. The molecule has 2 aliphatic heterocycles. The lowest BCUT2D eigenvalue weighted by molar-refractivity contribution is -0.199. The minimum absolute atomic E-state index is 0.0254. The second-order valence-electron chi connectivity index (χ2n) is 7.77. The van der Waals surface area contributed by atoms with Crippen molar-refractivity contribution in [2.45, 2.75) is 38.8 Å². The number of cyclic esters (lactones) is 1. The number of hydrogen-bond acceptors (Lipinski definition) is 7. The van der Waals surface area contributed by atoms with E-state index in [-0.39, 0.29) is 50.5 Å². The van der Waals surface area contributed by atoms with E-state index < -0.39 is 35.8 Å². The van der Waals surface area contributed by atoms with Crippen LogP contribution in [-0.2, 0) is 24.0 Å². The highest BCUT2D eigenvalue weighted by molar-refractivity contribution is 6.01. The number of ketones is 1. The maximum atomic E-state index is 13.1. The SMILES string of the molecule is CCON(C(=O)CN1CC=CCC(NC(=O)c2cccc(C(C)=O)c2)C1=O)C1COC(=O)C1. The first-order chi connectivity index (χ1) is 15.8. The number of carbonyl (C=O) groups is 5. The zero-order chi connectivity index (χ0) is 24.0. The van der Waals surface area contributed by atoms with Gasteiger partial charge in [0.25, 0.3) is 11.8 Å². The van der Waals surface area contributed by atoms with E-state index in [0.717, 1.165) is 5.06 Å². The molecule has 1 fully saturated rings. The number of amides is 3. The van der Waals surface area contributed by atoms with Crippen LogP contribution in [0.15, 0.2) is 36.4 Å². The third kappa shape index (κ3) is 6.04. The molecule has 1 N–H and O–H groups in total. The van der Waals surface area contributed by atoms with Gasteiger partial charge in [0.15, 0.2) is 5.78 Å². The smallest absolute Gasteiger partial charge is 0.308 e. The fourth-order valence-corrected chi connectivity index (χ4v) is 3.63. The van der Waals surface area contributed by atoms with Gasteiger partial charge in [0.1, 0.15) is 25.2 Å². The highest BCUT2D eigenvalue weighted by atomic mass is 16.7. The van der Waals surface area contributed by atoms with E-state index in [1.54, 1.807) is 37.3 Å². The van der Waals surface area contributed by atoms with Crippen LogP contribution in [-0.4, -0.2) is 77.8 Å². The van der Waals surface area contributed by atoms with Gasteiger partial charge >= 0.3 is 5.97 Å². The van der Waals surface area contributed by atoms with Gasteiger partial charge < -0.3 is 15.0 Å². The van der Waals surface area contributed by atoms with Gasteiger partial charge in [-0.2, -0.15) is 0 Å². The predicted octanol–water partition coefficient (Wildman–Crippen LogP) is 0.872. The summed E-state index contributed by atoms with van der Waals surface area (Å²) in [5.74, 6) is -1.97. The molecular weight excluding hydrogens is 430 g/mol. The molecule has 2 heterocycles. The lowest BCUT2D eigenvalue weighted by Gasteiger charge is -2.29. The molecule has 1 aromatic rings. The predicted molar refractivity (Wildman–Crippen MR) is 116 cm³/mol. The molecule has 0 aliphatic carbocycles. The summed E-state index contributed by atoms with van der Waals surface area (Å²) in [6, 6.07) is 4.82. The molecule has 10 heteroatoms. The van der Waals surface area contributed by atoms with Crippen molar-refractivity contribution in [2.24, 2.45) is 0 Å². The Morgan fingerprint density at radius 3 is 2.64 bits per heavy atom. The summed E-state index contributed by atoms with van der Waals surface area (Å²) in [6.45, 7) is 3.28. The molecule has 33 heavy (non-hydrogen) atoms. The number of carbonyl (C=O) groups excluding carboxylic acids is 5. The molecule has 3 amide bonds. The first-order valence-electron chi connectivity index (χ1n) is 10.8. The summed E-state index contributed by atoms with van der Waals surface area (Å²) in [5.41, 5.74) is 0.659. The minimum Gasteiger partial charge on any atom is -0.463 e. The molecule has 1 aromatic carbocycles. The van der Waals surface area contributed by atoms with E-state index >= 15 is 0 Å². The van der Waals surface area contributed by atoms with Crippen molar-refractivity contribution in [1.29, 1.82) is 0 Å². The first-order valence-corrected chi connectivity index (χ1v) is 10.8. The van der Waals surface area contributed by atoms with Crippen molar-refractivity contribution in [3.05, 3.63) is 47.5 Å². The van der Waals surface area contributed by atoms with E-state index in [1.165, 1.54) is 17.9 Å². The van der Waals surface area contributed by atoms with Crippen LogP contribution >= 0.6 is 0 Å². The van der Waals surface area contributed by atoms with Crippen molar-refractivity contribution in [2.75, 3.05) is 26.3 Å². The molecule has 10 nitrogen and oxygen atoms in total. The summed E-state index contributed by atoms with van der Waals surface area (Å²) in [5, 5.41) is 3.80. The Hall–Kier alpha value is -3.53. The Morgan fingerprint density at radius 1 is 1.21 bits per heavy atom. The van der Waals surface area contributed by atoms with Crippen molar-refractivity contribution in [1.82, 2.24) is 15.3 Å². The molecule has 0 aromatic heterocycles. The van der Waals surface area contributed by atoms with Crippen LogP contribution in [0.25, 0.3) is 0 Å². The summed E-state index contributed by atoms with van der Waals surface area (Å²) >= 11 is 0. The molecule has 3 rings (SSSR count). The normalized spacial score (nSPS) is 20.2. The largest absolute Gasteiger partial charge is 0.463 e. The maximum Gasteiger partial charge on any atom is 0.308 e. The number of hydroxylamine groups is 2. The second-order valence-corrected chi connectivity index (χ2v) is 7.77. The molecule has 0 radical (unpaired) electrons. The highest BCUT2D eigenvalue weighted by Crippen LogP contribution is 2.16. The summed E-state index contributed by atoms with van der Waals surface area (Å²) in [4.78, 5) is 68.5. The van der Waals surface area contributed by atoms with Crippen LogP contribution in [0, 0.1) is 0 Å². The number of nitrogens with one attached hydrogen (secondary N) is 1. The number of esters is 1. The fraction of sp³-hybridized carbons (Fsp3) is 0.435. The Labute approximate surface area is 191 Å². The Kier molecular flexibility index (Phi) is 7.94. The third-order valence-electron chi connectivity index (χ3n) is 5.32. The quantitative estimate of drug-likeness (QED) is 0.266. The average molecular weight is 457 g/mol. The zero-order valence-electron chi connectivity index (χ0n) is 18.6. The monoisotopic (exact) mass is 457 g/mol. The number of Topliss-reactive ketones (excluding diaryl/α,β-unsaturated/α-hetero) is 1. The molecular formula is C23H27N3O7. The molecule has 1 saturated heterocycles. The Morgan fingerprint density at radius 2 is 1.97 bits per heavy atom. The maximum absolute atomic E-state index is 13.1. The van der Waals surface area contributed by atoms with Crippen molar-refractivity contribution in [3.8, 4) is 0 Å². The Bertz CT molecular complexity index is 975. The first kappa shape index (κ1) is 24.1. The van der Waals surface area contributed by atoms with Crippen LogP contribution in [0.3, 0.4) is 0 Å². The Balaban J connectivity index is 1.68. The molecule has 176 valence electrons. The van der Waals surface area contributed by atoms with Gasteiger partial charge in [-0.15, -0.1) is 0 Å². The van der Waals surface area contributed by atoms with Gasteiger partial charge in [-0.05, 0) is 32.4 Å². The molecule has 2 atom stereocenters. The van der Waals surface area contributed by atoms with E-state index in [0.29, 0.717) is 5.56 Å². The topological polar surface area (TPSA) is 122 Å². The van der Waals surface area contributed by atoms with E-state index in [2.05, 4.69) is 5.32 Å². The zero-order valence-corrected chi connectivity index (χ0v) is 18.6. The van der Waals surface area contributed by atoms with Gasteiger partial charge in [0, 0.05) is 17.7 Å². The lowest BCUT2D eigenvalue weighted by atomic mass is 10.1. The molecule has 2 aliphatic rings. The van der Waals surface area contributed by atoms with Crippen LogP contribution in [0.1, 0.15) is 47.4 Å². The second kappa shape index (κ2) is 10.9. The number of benzene rings is 1. The van der Waals surface area contributed by atoms with Gasteiger partial charge in [0.05, 0.1) is 13.0 Å².